The molecule has 0 bridgehead atoms. The average Bonchev–Trinajstić information content (AvgIpc) is 2.70. The summed E-state index contributed by atoms with van der Waals surface area (Å²) in [4.78, 5) is 26.3. The van der Waals surface area contributed by atoms with E-state index in [0.717, 1.165) is 0 Å². The molecule has 1 atom stereocenters. The third-order valence-electron chi connectivity index (χ3n) is 4.56. The lowest BCUT2D eigenvalue weighted by atomic mass is 10.00. The van der Waals surface area contributed by atoms with E-state index >= 15 is 0 Å². The van der Waals surface area contributed by atoms with Gasteiger partial charge in [-0.15, -0.1) is 0 Å². The van der Waals surface area contributed by atoms with Crippen LogP contribution in [-0.2, 0) is 4.79 Å². The quantitative estimate of drug-likeness (QED) is 0.755. The highest BCUT2D eigenvalue weighted by molar-refractivity contribution is 5.98. The first-order valence-corrected chi connectivity index (χ1v) is 8.58. The molecule has 138 valence electrons. The molecule has 7 heteroatoms. The number of carbonyl (C=O) groups is 2. The van der Waals surface area contributed by atoms with Crippen LogP contribution in [0.15, 0.2) is 42.5 Å². The minimum atomic E-state index is -0.688. The summed E-state index contributed by atoms with van der Waals surface area (Å²) in [6.07, 6.45) is 0.185. The lowest BCUT2D eigenvalue weighted by Gasteiger charge is -2.34. The lowest BCUT2D eigenvalue weighted by molar-refractivity contribution is -0.128. The summed E-state index contributed by atoms with van der Waals surface area (Å²) in [6.45, 7) is 0.566. The van der Waals surface area contributed by atoms with Crippen molar-refractivity contribution in [2.45, 2.75) is 12.5 Å². The summed E-state index contributed by atoms with van der Waals surface area (Å²) in [5.41, 5.74) is 2.01. The Labute approximate surface area is 156 Å². The van der Waals surface area contributed by atoms with Gasteiger partial charge < -0.3 is 20.4 Å². The highest BCUT2D eigenvalue weighted by atomic mass is 16.3. The number of nitriles is 1. The van der Waals surface area contributed by atoms with Gasteiger partial charge in [0.15, 0.2) is 0 Å². The van der Waals surface area contributed by atoms with Crippen LogP contribution in [0.1, 0.15) is 22.3 Å². The molecule has 3 rings (SSSR count). The van der Waals surface area contributed by atoms with Crippen LogP contribution in [0.5, 0.6) is 5.75 Å². The van der Waals surface area contributed by atoms with E-state index in [1.54, 1.807) is 30.3 Å². The fourth-order valence-corrected chi connectivity index (χ4v) is 3.16. The number of nitrogens with one attached hydrogen (secondary N) is 1. The maximum Gasteiger partial charge on any atom is 0.254 e. The van der Waals surface area contributed by atoms with Crippen molar-refractivity contribution in [1.82, 2.24) is 10.2 Å². The van der Waals surface area contributed by atoms with Gasteiger partial charge in [-0.3, -0.25) is 9.59 Å². The molecule has 1 aliphatic rings. The molecule has 0 aliphatic carbocycles. The number of phenolic OH excluding ortho intramolecular Hbond substituents is 1. The number of amides is 2. The molecule has 2 aromatic carbocycles. The number of aliphatic hydroxyl groups excluding tert-OH is 1. The molecule has 1 saturated heterocycles. The molecular weight excluding hydrogens is 346 g/mol. The monoisotopic (exact) mass is 365 g/mol. The zero-order valence-electron chi connectivity index (χ0n) is 14.6. The van der Waals surface area contributed by atoms with Crippen molar-refractivity contribution in [2.75, 3.05) is 19.7 Å². The SMILES string of the molecule is N#Cc1ccc(O)c(-c2ccc(C(=O)N3CCNC(=O)C3CCO)cc2)c1. The van der Waals surface area contributed by atoms with Gasteiger partial charge in [-0.05, 0) is 42.3 Å². The van der Waals surface area contributed by atoms with E-state index in [1.165, 1.54) is 17.0 Å². The van der Waals surface area contributed by atoms with Crippen LogP contribution in [-0.4, -0.2) is 52.7 Å². The first kappa shape index (κ1) is 18.4. The second-order valence-corrected chi connectivity index (χ2v) is 6.24. The van der Waals surface area contributed by atoms with E-state index in [9.17, 15) is 19.8 Å². The number of carbonyl (C=O) groups excluding carboxylic acids is 2. The number of rotatable bonds is 4. The Morgan fingerprint density at radius 1 is 1.26 bits per heavy atom. The van der Waals surface area contributed by atoms with Crippen molar-refractivity contribution in [3.63, 3.8) is 0 Å². The summed E-state index contributed by atoms with van der Waals surface area (Å²) >= 11 is 0. The zero-order valence-corrected chi connectivity index (χ0v) is 14.6. The molecule has 0 spiro atoms. The van der Waals surface area contributed by atoms with E-state index in [-0.39, 0.29) is 30.6 Å². The summed E-state index contributed by atoms with van der Waals surface area (Å²) < 4.78 is 0. The highest BCUT2D eigenvalue weighted by Gasteiger charge is 2.32. The van der Waals surface area contributed by atoms with Crippen LogP contribution >= 0.6 is 0 Å². The van der Waals surface area contributed by atoms with Crippen LogP contribution in [0.4, 0.5) is 0 Å². The van der Waals surface area contributed by atoms with Crippen LogP contribution < -0.4 is 5.32 Å². The van der Waals surface area contributed by atoms with E-state index < -0.39 is 6.04 Å². The van der Waals surface area contributed by atoms with Crippen molar-refractivity contribution >= 4 is 11.8 Å². The molecule has 7 nitrogen and oxygen atoms in total. The second-order valence-electron chi connectivity index (χ2n) is 6.24. The number of aromatic hydroxyl groups is 1. The lowest BCUT2D eigenvalue weighted by Crippen LogP contribution is -2.57. The third kappa shape index (κ3) is 3.76. The third-order valence-corrected chi connectivity index (χ3v) is 4.56. The van der Waals surface area contributed by atoms with Gasteiger partial charge in [0.1, 0.15) is 11.8 Å². The first-order valence-electron chi connectivity index (χ1n) is 8.58. The molecular formula is C20H19N3O4. The molecule has 0 saturated carbocycles. The molecule has 2 aromatic rings. The number of piperazine rings is 1. The van der Waals surface area contributed by atoms with Gasteiger partial charge in [0.25, 0.3) is 5.91 Å². The first-order chi connectivity index (χ1) is 13.0. The normalized spacial score (nSPS) is 16.5. The topological polar surface area (TPSA) is 114 Å². The molecule has 0 radical (unpaired) electrons. The van der Waals surface area contributed by atoms with Crippen LogP contribution in [0.2, 0.25) is 0 Å². The van der Waals surface area contributed by atoms with Gasteiger partial charge >= 0.3 is 0 Å². The Kier molecular flexibility index (Phi) is 5.38. The van der Waals surface area contributed by atoms with Gasteiger partial charge in [0.2, 0.25) is 5.91 Å². The largest absolute Gasteiger partial charge is 0.507 e. The number of phenols is 1. The fourth-order valence-electron chi connectivity index (χ4n) is 3.16. The Bertz CT molecular complexity index is 902. The predicted molar refractivity (Wildman–Crippen MR) is 97.8 cm³/mol. The van der Waals surface area contributed by atoms with Crippen molar-refractivity contribution in [3.05, 3.63) is 53.6 Å². The van der Waals surface area contributed by atoms with Gasteiger partial charge in [-0.2, -0.15) is 5.26 Å². The van der Waals surface area contributed by atoms with Gasteiger partial charge in [0.05, 0.1) is 11.6 Å². The van der Waals surface area contributed by atoms with Gasteiger partial charge in [-0.1, -0.05) is 12.1 Å². The highest BCUT2D eigenvalue weighted by Crippen LogP contribution is 2.30. The smallest absolute Gasteiger partial charge is 0.254 e. The molecule has 1 fully saturated rings. The number of nitrogens with zero attached hydrogens (tertiary/aromatic N) is 2. The van der Waals surface area contributed by atoms with E-state index in [2.05, 4.69) is 5.32 Å². The fraction of sp³-hybridized carbons (Fsp3) is 0.250. The number of benzene rings is 2. The van der Waals surface area contributed by atoms with E-state index in [4.69, 9.17) is 5.26 Å². The van der Waals surface area contributed by atoms with Gasteiger partial charge in [-0.25, -0.2) is 0 Å². The van der Waals surface area contributed by atoms with Crippen molar-refractivity contribution in [1.29, 1.82) is 5.26 Å². The second kappa shape index (κ2) is 7.89. The van der Waals surface area contributed by atoms with Crippen molar-refractivity contribution in [2.24, 2.45) is 0 Å². The predicted octanol–water partition coefficient (Wildman–Crippen LogP) is 1.25. The molecule has 0 aromatic heterocycles. The Morgan fingerprint density at radius 2 is 2.00 bits per heavy atom. The van der Waals surface area contributed by atoms with E-state index in [0.29, 0.717) is 35.3 Å². The maximum atomic E-state index is 12.8. The van der Waals surface area contributed by atoms with Crippen molar-refractivity contribution in [3.8, 4) is 22.9 Å². The Hall–Kier alpha value is -3.37. The minimum absolute atomic E-state index is 0.0452. The molecule has 3 N–H and O–H groups in total. The summed E-state index contributed by atoms with van der Waals surface area (Å²) in [5, 5.41) is 30.9. The van der Waals surface area contributed by atoms with E-state index in [1.807, 2.05) is 6.07 Å². The van der Waals surface area contributed by atoms with Crippen molar-refractivity contribution < 1.29 is 19.8 Å². The van der Waals surface area contributed by atoms with Crippen LogP contribution in [0, 0.1) is 11.3 Å². The Balaban J connectivity index is 1.86. The standard InChI is InChI=1S/C20H19N3O4/c21-12-13-1-6-18(25)16(11-13)14-2-4-15(5-3-14)20(27)23-9-8-22-19(26)17(23)7-10-24/h1-6,11,17,24-25H,7-10H2,(H,22,26). The van der Waals surface area contributed by atoms with Crippen LogP contribution in [0.3, 0.4) is 0 Å². The van der Waals surface area contributed by atoms with Crippen LogP contribution in [0.25, 0.3) is 11.1 Å². The average molecular weight is 365 g/mol. The minimum Gasteiger partial charge on any atom is -0.507 e. The summed E-state index contributed by atoms with van der Waals surface area (Å²) in [5.74, 6) is -0.507. The van der Waals surface area contributed by atoms with Gasteiger partial charge in [0, 0.05) is 30.8 Å². The molecule has 1 heterocycles. The summed E-state index contributed by atoms with van der Waals surface area (Å²) in [7, 11) is 0. The number of hydrogen-bond acceptors (Lipinski definition) is 5. The molecule has 2 amide bonds. The zero-order chi connectivity index (χ0) is 19.4. The number of hydrogen-bond donors (Lipinski definition) is 3. The maximum absolute atomic E-state index is 12.8. The molecule has 1 aliphatic heterocycles. The number of aliphatic hydroxyl groups is 1. The Morgan fingerprint density at radius 3 is 2.67 bits per heavy atom. The molecule has 27 heavy (non-hydrogen) atoms. The molecule has 1 unspecified atom stereocenters. The summed E-state index contributed by atoms with van der Waals surface area (Å²) in [6, 6.07) is 12.5.